The highest BCUT2D eigenvalue weighted by atomic mass is 32.2. The number of thioether (sulfide) groups is 1. The average molecular weight is 408 g/mol. The second-order valence-electron chi connectivity index (χ2n) is 6.90. The molecule has 0 atom stereocenters. The molecule has 9 heteroatoms. The normalized spacial score (nSPS) is 13.7. The van der Waals surface area contributed by atoms with Crippen LogP contribution in [-0.4, -0.2) is 29.9 Å². The van der Waals surface area contributed by atoms with Crippen LogP contribution in [0.25, 0.3) is 23.0 Å². The van der Waals surface area contributed by atoms with Gasteiger partial charge < -0.3 is 4.42 Å². The molecule has 0 spiro atoms. The van der Waals surface area contributed by atoms with Crippen LogP contribution < -0.4 is 0 Å². The number of pyridine rings is 1. The van der Waals surface area contributed by atoms with Gasteiger partial charge in [0.15, 0.2) is 11.0 Å². The number of halogens is 1. The fraction of sp³-hybridized carbons (Fsp3) is 0.250. The molecule has 7 nitrogen and oxygen atoms in total. The Morgan fingerprint density at radius 2 is 2.03 bits per heavy atom. The lowest BCUT2D eigenvalue weighted by atomic mass is 10.1. The molecule has 1 aromatic carbocycles. The molecule has 0 bridgehead atoms. The molecule has 1 aliphatic carbocycles. The Labute approximate surface area is 170 Å². The zero-order valence-electron chi connectivity index (χ0n) is 15.6. The van der Waals surface area contributed by atoms with E-state index < -0.39 is 0 Å². The summed E-state index contributed by atoms with van der Waals surface area (Å²) in [6, 6.07) is 10.9. The van der Waals surface area contributed by atoms with Crippen LogP contribution in [0.5, 0.6) is 0 Å². The molecule has 0 aliphatic heterocycles. The predicted octanol–water partition coefficient (Wildman–Crippen LogP) is 4.46. The molecular weight excluding hydrogens is 391 g/mol. The summed E-state index contributed by atoms with van der Waals surface area (Å²) in [5.74, 6) is 1.40. The number of nitrogens with zero attached hydrogens (tertiary/aromatic N) is 6. The fourth-order valence-corrected chi connectivity index (χ4v) is 3.90. The number of aromatic nitrogens is 6. The average Bonchev–Trinajstić information content (AvgIpc) is 3.31. The first-order valence-corrected chi connectivity index (χ1v) is 10.3. The summed E-state index contributed by atoms with van der Waals surface area (Å²) in [6.07, 6.45) is 3.95. The second kappa shape index (κ2) is 7.40. The maximum absolute atomic E-state index is 14.1. The van der Waals surface area contributed by atoms with Gasteiger partial charge in [-0.05, 0) is 44.0 Å². The molecule has 0 amide bonds. The highest BCUT2D eigenvalue weighted by molar-refractivity contribution is 7.98. The van der Waals surface area contributed by atoms with Crippen LogP contribution in [0.2, 0.25) is 0 Å². The Hall–Kier alpha value is -3.07. The molecule has 3 heterocycles. The molecule has 3 aromatic heterocycles. The first-order chi connectivity index (χ1) is 14.2. The van der Waals surface area contributed by atoms with Crippen molar-refractivity contribution in [3.05, 3.63) is 59.9 Å². The molecule has 1 saturated carbocycles. The van der Waals surface area contributed by atoms with Gasteiger partial charge in [-0.3, -0.25) is 9.55 Å². The van der Waals surface area contributed by atoms with Crippen LogP contribution in [0, 0.1) is 12.7 Å². The molecule has 146 valence electrons. The van der Waals surface area contributed by atoms with Crippen molar-refractivity contribution in [1.29, 1.82) is 0 Å². The van der Waals surface area contributed by atoms with E-state index in [9.17, 15) is 4.39 Å². The van der Waals surface area contributed by atoms with Crippen molar-refractivity contribution >= 4 is 11.8 Å². The third kappa shape index (κ3) is 3.65. The number of hydrogen-bond donors (Lipinski definition) is 0. The smallest absolute Gasteiger partial charge is 0.250 e. The zero-order valence-corrected chi connectivity index (χ0v) is 16.4. The molecule has 1 fully saturated rings. The number of rotatable bonds is 6. The molecule has 0 unspecified atom stereocenters. The monoisotopic (exact) mass is 408 g/mol. The molecule has 0 saturated heterocycles. The lowest BCUT2D eigenvalue weighted by Gasteiger charge is -2.07. The Morgan fingerprint density at radius 1 is 1.14 bits per heavy atom. The van der Waals surface area contributed by atoms with Crippen molar-refractivity contribution in [3.8, 4) is 23.0 Å². The van der Waals surface area contributed by atoms with Crippen molar-refractivity contribution < 1.29 is 8.81 Å². The highest BCUT2D eigenvalue weighted by Crippen LogP contribution is 2.41. The van der Waals surface area contributed by atoms with Crippen LogP contribution in [0.3, 0.4) is 0 Å². The minimum atomic E-state index is -0.382. The maximum atomic E-state index is 14.1. The van der Waals surface area contributed by atoms with Crippen LogP contribution in [0.4, 0.5) is 4.39 Å². The predicted molar refractivity (Wildman–Crippen MR) is 106 cm³/mol. The topological polar surface area (TPSA) is 82.5 Å². The molecule has 0 radical (unpaired) electrons. The third-order valence-corrected chi connectivity index (χ3v) is 5.54. The van der Waals surface area contributed by atoms with Gasteiger partial charge in [0.1, 0.15) is 11.5 Å². The van der Waals surface area contributed by atoms with E-state index in [1.54, 1.807) is 18.3 Å². The Balaban J connectivity index is 1.37. The fourth-order valence-electron chi connectivity index (χ4n) is 3.06. The van der Waals surface area contributed by atoms with Crippen LogP contribution in [0.1, 0.15) is 30.3 Å². The van der Waals surface area contributed by atoms with Crippen molar-refractivity contribution in [2.75, 3.05) is 0 Å². The van der Waals surface area contributed by atoms with Gasteiger partial charge in [0, 0.05) is 12.2 Å². The first-order valence-electron chi connectivity index (χ1n) is 9.27. The van der Waals surface area contributed by atoms with Gasteiger partial charge in [0.25, 0.3) is 5.89 Å². The van der Waals surface area contributed by atoms with Gasteiger partial charge in [0.05, 0.1) is 11.3 Å². The summed E-state index contributed by atoms with van der Waals surface area (Å²) in [7, 11) is 0. The van der Waals surface area contributed by atoms with Gasteiger partial charge in [-0.15, -0.1) is 20.4 Å². The molecule has 0 N–H and O–H groups in total. The lowest BCUT2D eigenvalue weighted by Crippen LogP contribution is -2.00. The minimum Gasteiger partial charge on any atom is -0.420 e. The van der Waals surface area contributed by atoms with E-state index in [1.165, 1.54) is 17.8 Å². The van der Waals surface area contributed by atoms with E-state index in [0.717, 1.165) is 35.1 Å². The van der Waals surface area contributed by atoms with E-state index in [4.69, 9.17) is 4.42 Å². The summed E-state index contributed by atoms with van der Waals surface area (Å²) in [5, 5.41) is 17.5. The number of benzene rings is 1. The number of hydrogen-bond acceptors (Lipinski definition) is 7. The number of aryl methyl sites for hydroxylation is 1. The minimum absolute atomic E-state index is 0.180. The summed E-state index contributed by atoms with van der Waals surface area (Å²) in [4.78, 5) is 4.39. The van der Waals surface area contributed by atoms with E-state index in [2.05, 4.69) is 29.9 Å². The van der Waals surface area contributed by atoms with Crippen LogP contribution in [0.15, 0.2) is 52.2 Å². The Kier molecular flexibility index (Phi) is 4.59. The second-order valence-corrected chi connectivity index (χ2v) is 7.84. The SMILES string of the molecule is Cc1ccc(F)c(-c2nnc(CSc3nnc(-c4ccccn4)n3C3CC3)o2)c1. The van der Waals surface area contributed by atoms with Gasteiger partial charge in [-0.1, -0.05) is 29.5 Å². The largest absolute Gasteiger partial charge is 0.420 e. The molecular formula is C20H17FN6OS. The van der Waals surface area contributed by atoms with Crippen LogP contribution >= 0.6 is 11.8 Å². The summed E-state index contributed by atoms with van der Waals surface area (Å²) in [6.45, 7) is 1.89. The van der Waals surface area contributed by atoms with E-state index in [1.807, 2.05) is 25.1 Å². The van der Waals surface area contributed by atoms with E-state index in [-0.39, 0.29) is 11.7 Å². The first kappa shape index (κ1) is 18.0. The standard InChI is InChI=1S/C20H17FN6OS/c1-12-5-8-15(21)14(10-12)19-25-23-17(28-19)11-29-20-26-24-18(27(20)13-6-7-13)16-4-2-3-9-22-16/h2-5,8-10,13H,6-7,11H2,1H3. The summed E-state index contributed by atoms with van der Waals surface area (Å²) < 4.78 is 21.9. The quantitative estimate of drug-likeness (QED) is 0.436. The van der Waals surface area contributed by atoms with Gasteiger partial charge >= 0.3 is 0 Å². The van der Waals surface area contributed by atoms with E-state index >= 15 is 0 Å². The van der Waals surface area contributed by atoms with Gasteiger partial charge in [-0.2, -0.15) is 0 Å². The van der Waals surface area contributed by atoms with Crippen molar-refractivity contribution in [2.45, 2.75) is 36.7 Å². The third-order valence-electron chi connectivity index (χ3n) is 4.61. The molecule has 5 rings (SSSR count). The van der Waals surface area contributed by atoms with Gasteiger partial charge in [0.2, 0.25) is 5.89 Å². The zero-order chi connectivity index (χ0) is 19.8. The molecule has 29 heavy (non-hydrogen) atoms. The van der Waals surface area contributed by atoms with Crippen LogP contribution in [-0.2, 0) is 5.75 Å². The molecule has 1 aliphatic rings. The Bertz CT molecular complexity index is 1160. The van der Waals surface area contributed by atoms with Crippen molar-refractivity contribution in [2.24, 2.45) is 0 Å². The van der Waals surface area contributed by atoms with E-state index in [0.29, 0.717) is 23.2 Å². The molecule has 4 aromatic rings. The summed E-state index contributed by atoms with van der Waals surface area (Å²) in [5.41, 5.74) is 2.04. The van der Waals surface area contributed by atoms with Crippen molar-refractivity contribution in [3.63, 3.8) is 0 Å². The highest BCUT2D eigenvalue weighted by Gasteiger charge is 2.30. The summed E-state index contributed by atoms with van der Waals surface area (Å²) >= 11 is 1.47. The lowest BCUT2D eigenvalue weighted by molar-refractivity contribution is 0.522. The van der Waals surface area contributed by atoms with Gasteiger partial charge in [-0.25, -0.2) is 4.39 Å². The maximum Gasteiger partial charge on any atom is 0.250 e. The Morgan fingerprint density at radius 3 is 2.83 bits per heavy atom. The van der Waals surface area contributed by atoms with Crippen molar-refractivity contribution in [1.82, 2.24) is 29.9 Å².